The van der Waals surface area contributed by atoms with Crippen molar-refractivity contribution in [3.05, 3.63) is 65.0 Å². The average Bonchev–Trinajstić information content (AvgIpc) is 2.73. The zero-order valence-electron chi connectivity index (χ0n) is 18.7. The van der Waals surface area contributed by atoms with Crippen LogP contribution >= 0.6 is 24.0 Å². The number of rotatable bonds is 8. The van der Waals surface area contributed by atoms with Crippen LogP contribution in [0.25, 0.3) is 0 Å². The second-order valence-electron chi connectivity index (χ2n) is 7.35. The Kier molecular flexibility index (Phi) is 11.3. The molecule has 6 nitrogen and oxygen atoms in total. The fourth-order valence-electron chi connectivity index (χ4n) is 2.72. The van der Waals surface area contributed by atoms with E-state index in [0.29, 0.717) is 18.1 Å². The van der Waals surface area contributed by atoms with Gasteiger partial charge in [-0.3, -0.25) is 4.79 Å². The molecule has 0 bridgehead atoms. The van der Waals surface area contributed by atoms with Crippen LogP contribution in [-0.2, 0) is 11.2 Å². The van der Waals surface area contributed by atoms with Gasteiger partial charge in [0.15, 0.2) is 5.96 Å². The SMILES string of the molecule is COc1ccc(CCNC(=NCC(=O)N(C)C)NC(C)c2ccc(C)c(F)c2)cc1.I. The van der Waals surface area contributed by atoms with Crippen molar-refractivity contribution in [2.24, 2.45) is 4.99 Å². The molecule has 0 spiro atoms. The molecule has 1 atom stereocenters. The molecule has 0 saturated heterocycles. The van der Waals surface area contributed by atoms with E-state index >= 15 is 0 Å². The monoisotopic (exact) mass is 542 g/mol. The van der Waals surface area contributed by atoms with Crippen LogP contribution in [0.4, 0.5) is 4.39 Å². The quantitative estimate of drug-likeness (QED) is 0.304. The van der Waals surface area contributed by atoms with Gasteiger partial charge in [-0.25, -0.2) is 9.38 Å². The number of ether oxygens (including phenoxy) is 1. The lowest BCUT2D eigenvalue weighted by atomic mass is 10.1. The maximum Gasteiger partial charge on any atom is 0.243 e. The van der Waals surface area contributed by atoms with Crippen molar-refractivity contribution in [2.45, 2.75) is 26.3 Å². The number of hydrogen-bond donors (Lipinski definition) is 2. The highest BCUT2D eigenvalue weighted by molar-refractivity contribution is 14.0. The number of aryl methyl sites for hydroxylation is 1. The van der Waals surface area contributed by atoms with E-state index in [1.54, 1.807) is 34.2 Å². The summed E-state index contributed by atoms with van der Waals surface area (Å²) in [5.74, 6) is 0.986. The van der Waals surface area contributed by atoms with Gasteiger partial charge < -0.3 is 20.3 Å². The van der Waals surface area contributed by atoms with Crippen LogP contribution < -0.4 is 15.4 Å². The first-order valence-corrected chi connectivity index (χ1v) is 9.94. The third-order valence-corrected chi connectivity index (χ3v) is 4.79. The predicted octanol–water partition coefficient (Wildman–Crippen LogP) is 3.69. The molecule has 2 rings (SSSR count). The third-order valence-electron chi connectivity index (χ3n) is 4.79. The molecule has 0 aromatic heterocycles. The number of carbonyl (C=O) groups is 1. The minimum atomic E-state index is -0.241. The highest BCUT2D eigenvalue weighted by Gasteiger charge is 2.11. The van der Waals surface area contributed by atoms with Gasteiger partial charge in [0.05, 0.1) is 13.2 Å². The standard InChI is InChI=1S/C23H31FN4O2.HI/c1-16-6-9-19(14-21(16)24)17(2)27-23(26-15-22(29)28(3)4)25-13-12-18-7-10-20(30-5)11-8-18;/h6-11,14,17H,12-13,15H2,1-5H3,(H2,25,26,27);1H. The van der Waals surface area contributed by atoms with Crippen molar-refractivity contribution < 1.29 is 13.9 Å². The number of nitrogens with zero attached hydrogens (tertiary/aromatic N) is 2. The zero-order valence-corrected chi connectivity index (χ0v) is 21.1. The highest BCUT2D eigenvalue weighted by Crippen LogP contribution is 2.16. The number of methoxy groups -OCH3 is 1. The van der Waals surface area contributed by atoms with Crippen LogP contribution in [0.15, 0.2) is 47.5 Å². The minimum Gasteiger partial charge on any atom is -0.497 e. The van der Waals surface area contributed by atoms with Gasteiger partial charge in [-0.15, -0.1) is 24.0 Å². The Morgan fingerprint density at radius 3 is 2.45 bits per heavy atom. The lowest BCUT2D eigenvalue weighted by Crippen LogP contribution is -2.40. The molecule has 2 aromatic carbocycles. The van der Waals surface area contributed by atoms with Crippen molar-refractivity contribution in [1.29, 1.82) is 0 Å². The maximum atomic E-state index is 13.9. The molecule has 0 radical (unpaired) electrons. The molecule has 0 heterocycles. The van der Waals surface area contributed by atoms with Crippen LogP contribution in [0, 0.1) is 12.7 Å². The van der Waals surface area contributed by atoms with Crippen LogP contribution in [0.2, 0.25) is 0 Å². The molecule has 31 heavy (non-hydrogen) atoms. The Morgan fingerprint density at radius 2 is 1.87 bits per heavy atom. The average molecular weight is 542 g/mol. The van der Waals surface area contributed by atoms with Crippen molar-refractivity contribution in [1.82, 2.24) is 15.5 Å². The predicted molar refractivity (Wildman–Crippen MR) is 134 cm³/mol. The Balaban J connectivity index is 0.00000480. The smallest absolute Gasteiger partial charge is 0.243 e. The normalized spacial score (nSPS) is 11.9. The van der Waals surface area contributed by atoms with Gasteiger partial charge in [0.1, 0.15) is 18.1 Å². The van der Waals surface area contributed by atoms with Gasteiger partial charge in [-0.1, -0.05) is 24.3 Å². The van der Waals surface area contributed by atoms with E-state index in [0.717, 1.165) is 23.3 Å². The van der Waals surface area contributed by atoms with Gasteiger partial charge in [0.2, 0.25) is 5.91 Å². The van der Waals surface area contributed by atoms with Crippen LogP contribution in [0.1, 0.15) is 29.7 Å². The van der Waals surface area contributed by atoms with Crippen LogP contribution in [0.3, 0.4) is 0 Å². The largest absolute Gasteiger partial charge is 0.497 e. The number of carbonyl (C=O) groups excluding carboxylic acids is 1. The molecule has 0 fully saturated rings. The molecular weight excluding hydrogens is 510 g/mol. The third kappa shape index (κ3) is 8.72. The van der Waals surface area contributed by atoms with E-state index in [-0.39, 0.29) is 48.3 Å². The molecule has 2 aromatic rings. The van der Waals surface area contributed by atoms with Gasteiger partial charge in [0, 0.05) is 20.6 Å². The number of amides is 1. The van der Waals surface area contributed by atoms with Crippen molar-refractivity contribution in [2.75, 3.05) is 34.3 Å². The molecule has 8 heteroatoms. The number of nitrogens with one attached hydrogen (secondary N) is 2. The van der Waals surface area contributed by atoms with Gasteiger partial charge in [0.25, 0.3) is 0 Å². The number of likely N-dealkylation sites (N-methyl/N-ethyl adjacent to an activating group) is 1. The Bertz CT molecular complexity index is 872. The Hall–Kier alpha value is -2.36. The fourth-order valence-corrected chi connectivity index (χ4v) is 2.72. The number of hydrogen-bond acceptors (Lipinski definition) is 3. The van der Waals surface area contributed by atoms with Gasteiger partial charge in [-0.2, -0.15) is 0 Å². The summed E-state index contributed by atoms with van der Waals surface area (Å²) in [5.41, 5.74) is 2.57. The van der Waals surface area contributed by atoms with Crippen LogP contribution in [0.5, 0.6) is 5.75 Å². The van der Waals surface area contributed by atoms with E-state index in [4.69, 9.17) is 4.74 Å². The number of halogens is 2. The first kappa shape index (κ1) is 26.7. The summed E-state index contributed by atoms with van der Waals surface area (Å²) in [6.45, 7) is 4.32. The highest BCUT2D eigenvalue weighted by atomic mass is 127. The summed E-state index contributed by atoms with van der Waals surface area (Å²) < 4.78 is 19.1. The minimum absolute atomic E-state index is 0. The summed E-state index contributed by atoms with van der Waals surface area (Å²) in [6, 6.07) is 12.9. The summed E-state index contributed by atoms with van der Waals surface area (Å²) in [4.78, 5) is 17.8. The molecule has 1 amide bonds. The lowest BCUT2D eigenvalue weighted by Gasteiger charge is -2.19. The summed E-state index contributed by atoms with van der Waals surface area (Å²) in [7, 11) is 5.03. The van der Waals surface area contributed by atoms with Crippen molar-refractivity contribution in [3.8, 4) is 5.75 Å². The summed E-state index contributed by atoms with van der Waals surface area (Å²) in [5, 5.41) is 6.52. The van der Waals surface area contributed by atoms with Crippen molar-refractivity contribution in [3.63, 3.8) is 0 Å². The van der Waals surface area contributed by atoms with Gasteiger partial charge >= 0.3 is 0 Å². The fraction of sp³-hybridized carbons (Fsp3) is 0.391. The molecule has 2 N–H and O–H groups in total. The van der Waals surface area contributed by atoms with E-state index < -0.39 is 0 Å². The Morgan fingerprint density at radius 1 is 1.19 bits per heavy atom. The van der Waals surface area contributed by atoms with E-state index in [9.17, 15) is 9.18 Å². The zero-order chi connectivity index (χ0) is 22.1. The van der Waals surface area contributed by atoms with E-state index in [1.165, 1.54) is 11.0 Å². The lowest BCUT2D eigenvalue weighted by molar-refractivity contribution is -0.127. The molecule has 0 aliphatic carbocycles. The molecular formula is C23H32FIN4O2. The summed E-state index contributed by atoms with van der Waals surface area (Å²) >= 11 is 0. The molecule has 0 aliphatic heterocycles. The van der Waals surface area contributed by atoms with E-state index in [2.05, 4.69) is 15.6 Å². The Labute approximate surface area is 201 Å². The van der Waals surface area contributed by atoms with Crippen molar-refractivity contribution >= 4 is 35.8 Å². The first-order valence-electron chi connectivity index (χ1n) is 9.94. The second-order valence-corrected chi connectivity index (χ2v) is 7.35. The molecule has 1 unspecified atom stereocenters. The van der Waals surface area contributed by atoms with Crippen LogP contribution in [-0.4, -0.2) is 51.1 Å². The van der Waals surface area contributed by atoms with E-state index in [1.807, 2.05) is 37.3 Å². The number of benzene rings is 2. The number of aliphatic imine (C=N–C) groups is 1. The molecule has 170 valence electrons. The number of guanidine groups is 1. The first-order chi connectivity index (χ1) is 14.3. The topological polar surface area (TPSA) is 66.0 Å². The maximum absolute atomic E-state index is 13.9. The summed E-state index contributed by atoms with van der Waals surface area (Å²) in [6.07, 6.45) is 0.778. The second kappa shape index (κ2) is 13.1. The van der Waals surface area contributed by atoms with Gasteiger partial charge in [-0.05, 0) is 55.2 Å². The molecule has 0 aliphatic rings. The molecule has 0 saturated carbocycles.